The second-order valence-electron chi connectivity index (χ2n) is 5.22. The molecule has 2 aromatic rings. The number of nitro groups is 1. The molecule has 2 rings (SSSR count). The second kappa shape index (κ2) is 3.84. The number of hydrogen-bond acceptors (Lipinski definition) is 2. The Hall–Kier alpha value is -1.90. The Morgan fingerprint density at radius 2 is 1.82 bits per heavy atom. The van der Waals surface area contributed by atoms with E-state index >= 15 is 0 Å². The lowest BCUT2D eigenvalue weighted by molar-refractivity contribution is -0.383. The van der Waals surface area contributed by atoms with Gasteiger partial charge in [0.2, 0.25) is 0 Å². The maximum atomic E-state index is 10.9. The first-order valence-corrected chi connectivity index (χ1v) is 5.57. The van der Waals surface area contributed by atoms with E-state index < -0.39 is 0 Å². The van der Waals surface area contributed by atoms with Crippen molar-refractivity contribution in [2.45, 2.75) is 26.2 Å². The monoisotopic (exact) mass is 229 g/mol. The molecule has 3 nitrogen and oxygen atoms in total. The lowest BCUT2D eigenvalue weighted by atomic mass is 9.86. The lowest BCUT2D eigenvalue weighted by Gasteiger charge is -2.19. The Bertz CT molecular complexity index is 582. The molecule has 0 atom stereocenters. The summed E-state index contributed by atoms with van der Waals surface area (Å²) in [5, 5.41) is 12.5. The highest BCUT2D eigenvalue weighted by molar-refractivity contribution is 5.91. The molecule has 88 valence electrons. The van der Waals surface area contributed by atoms with Crippen molar-refractivity contribution in [3.05, 3.63) is 52.1 Å². The molecule has 0 heterocycles. The van der Waals surface area contributed by atoms with Crippen molar-refractivity contribution in [2.75, 3.05) is 0 Å². The fourth-order valence-electron chi connectivity index (χ4n) is 1.89. The minimum absolute atomic E-state index is 0.0544. The predicted octanol–water partition coefficient (Wildman–Crippen LogP) is 4.05. The van der Waals surface area contributed by atoms with Gasteiger partial charge in [-0.15, -0.1) is 0 Å². The van der Waals surface area contributed by atoms with Crippen LogP contribution >= 0.6 is 0 Å². The SMILES string of the molecule is CC(C)(C)c1ccc2c([N+](=O)[O-])cccc2c1. The third kappa shape index (κ3) is 2.13. The number of hydrogen-bond donors (Lipinski definition) is 0. The van der Waals surface area contributed by atoms with Crippen LogP contribution in [0.25, 0.3) is 10.8 Å². The molecule has 0 spiro atoms. The highest BCUT2D eigenvalue weighted by atomic mass is 16.6. The maximum absolute atomic E-state index is 10.9. The van der Waals surface area contributed by atoms with Gasteiger partial charge in [0.25, 0.3) is 5.69 Å². The van der Waals surface area contributed by atoms with Gasteiger partial charge >= 0.3 is 0 Å². The number of rotatable bonds is 1. The van der Waals surface area contributed by atoms with Crippen LogP contribution in [0.2, 0.25) is 0 Å². The van der Waals surface area contributed by atoms with Crippen LogP contribution in [0.15, 0.2) is 36.4 Å². The van der Waals surface area contributed by atoms with Crippen LogP contribution < -0.4 is 0 Å². The molecule has 0 aromatic heterocycles. The molecule has 0 unspecified atom stereocenters. The average molecular weight is 229 g/mol. The number of fused-ring (bicyclic) bond motifs is 1. The Morgan fingerprint density at radius 1 is 1.12 bits per heavy atom. The lowest BCUT2D eigenvalue weighted by Crippen LogP contribution is -2.10. The molecule has 0 saturated carbocycles. The molecule has 17 heavy (non-hydrogen) atoms. The highest BCUT2D eigenvalue weighted by Gasteiger charge is 2.16. The predicted molar refractivity (Wildman–Crippen MR) is 69.3 cm³/mol. The number of benzene rings is 2. The average Bonchev–Trinajstić information content (AvgIpc) is 2.26. The van der Waals surface area contributed by atoms with E-state index in [0.717, 1.165) is 5.39 Å². The Kier molecular flexibility index (Phi) is 2.62. The summed E-state index contributed by atoms with van der Waals surface area (Å²) in [4.78, 5) is 10.6. The third-order valence-corrected chi connectivity index (χ3v) is 2.92. The van der Waals surface area contributed by atoms with E-state index in [2.05, 4.69) is 20.8 Å². The van der Waals surface area contributed by atoms with Crippen LogP contribution in [-0.4, -0.2) is 4.92 Å². The van der Waals surface area contributed by atoms with Gasteiger partial charge in [-0.3, -0.25) is 10.1 Å². The van der Waals surface area contributed by atoms with E-state index in [1.54, 1.807) is 12.1 Å². The van der Waals surface area contributed by atoms with Gasteiger partial charge in [-0.05, 0) is 22.4 Å². The van der Waals surface area contributed by atoms with Gasteiger partial charge in [-0.2, -0.15) is 0 Å². The molecule has 0 aliphatic rings. The van der Waals surface area contributed by atoms with E-state index in [1.165, 1.54) is 5.56 Å². The van der Waals surface area contributed by atoms with Crippen LogP contribution in [-0.2, 0) is 5.41 Å². The molecule has 0 amide bonds. The number of nitro benzene ring substituents is 1. The first-order chi connectivity index (χ1) is 7.89. The third-order valence-electron chi connectivity index (χ3n) is 2.92. The van der Waals surface area contributed by atoms with Gasteiger partial charge in [0, 0.05) is 6.07 Å². The Balaban J connectivity index is 2.69. The van der Waals surface area contributed by atoms with Crippen LogP contribution in [0, 0.1) is 10.1 Å². The quantitative estimate of drug-likeness (QED) is 0.547. The van der Waals surface area contributed by atoms with E-state index in [4.69, 9.17) is 0 Å². The molecule has 2 aromatic carbocycles. The maximum Gasteiger partial charge on any atom is 0.277 e. The smallest absolute Gasteiger partial charge is 0.258 e. The molecule has 0 N–H and O–H groups in total. The summed E-state index contributed by atoms with van der Waals surface area (Å²) in [5.41, 5.74) is 1.41. The molecule has 3 heteroatoms. The van der Waals surface area contributed by atoms with E-state index in [0.29, 0.717) is 5.39 Å². The summed E-state index contributed by atoms with van der Waals surface area (Å²) >= 11 is 0. The molecule has 0 bridgehead atoms. The summed E-state index contributed by atoms with van der Waals surface area (Å²) in [7, 11) is 0. The summed E-state index contributed by atoms with van der Waals surface area (Å²) in [6.45, 7) is 6.39. The summed E-state index contributed by atoms with van der Waals surface area (Å²) in [6, 6.07) is 11.0. The van der Waals surface area contributed by atoms with Crippen molar-refractivity contribution in [1.29, 1.82) is 0 Å². The zero-order valence-corrected chi connectivity index (χ0v) is 10.2. The zero-order valence-electron chi connectivity index (χ0n) is 10.2. The summed E-state index contributed by atoms with van der Waals surface area (Å²) < 4.78 is 0. The van der Waals surface area contributed by atoms with E-state index in [1.807, 2.05) is 24.3 Å². The molecule has 0 radical (unpaired) electrons. The summed E-state index contributed by atoms with van der Waals surface area (Å²) in [6.07, 6.45) is 0. The van der Waals surface area contributed by atoms with Crippen molar-refractivity contribution >= 4 is 16.5 Å². The van der Waals surface area contributed by atoms with Gasteiger partial charge in [-0.1, -0.05) is 45.0 Å². The van der Waals surface area contributed by atoms with Crippen molar-refractivity contribution in [1.82, 2.24) is 0 Å². The van der Waals surface area contributed by atoms with Crippen molar-refractivity contribution in [2.24, 2.45) is 0 Å². The Morgan fingerprint density at radius 3 is 2.41 bits per heavy atom. The van der Waals surface area contributed by atoms with Gasteiger partial charge in [0.15, 0.2) is 0 Å². The standard InChI is InChI=1S/C14H15NO2/c1-14(2,3)11-7-8-12-10(9-11)5-4-6-13(12)15(16)17/h4-9H,1-3H3. The molecule has 0 aliphatic heterocycles. The fraction of sp³-hybridized carbons (Fsp3) is 0.286. The Labute approximate surface area is 100 Å². The minimum atomic E-state index is -0.334. The van der Waals surface area contributed by atoms with Gasteiger partial charge < -0.3 is 0 Å². The van der Waals surface area contributed by atoms with Crippen LogP contribution in [0.4, 0.5) is 5.69 Å². The molecule has 0 aliphatic carbocycles. The largest absolute Gasteiger partial charge is 0.277 e. The van der Waals surface area contributed by atoms with Crippen molar-refractivity contribution in [3.63, 3.8) is 0 Å². The van der Waals surface area contributed by atoms with Crippen molar-refractivity contribution in [3.8, 4) is 0 Å². The number of nitrogens with zero attached hydrogens (tertiary/aromatic N) is 1. The normalized spacial score (nSPS) is 11.7. The fourth-order valence-corrected chi connectivity index (χ4v) is 1.89. The van der Waals surface area contributed by atoms with E-state index in [-0.39, 0.29) is 16.0 Å². The first kappa shape index (κ1) is 11.6. The van der Waals surface area contributed by atoms with Crippen LogP contribution in [0.3, 0.4) is 0 Å². The van der Waals surface area contributed by atoms with Crippen molar-refractivity contribution < 1.29 is 4.92 Å². The summed E-state index contributed by atoms with van der Waals surface area (Å²) in [5.74, 6) is 0. The highest BCUT2D eigenvalue weighted by Crippen LogP contribution is 2.30. The zero-order chi connectivity index (χ0) is 12.6. The van der Waals surface area contributed by atoms with Gasteiger partial charge in [-0.25, -0.2) is 0 Å². The molecule has 0 saturated heterocycles. The molecular formula is C14H15NO2. The second-order valence-corrected chi connectivity index (χ2v) is 5.22. The topological polar surface area (TPSA) is 43.1 Å². The number of non-ortho nitro benzene ring substituents is 1. The molecule has 0 fully saturated rings. The van der Waals surface area contributed by atoms with E-state index in [9.17, 15) is 10.1 Å². The van der Waals surface area contributed by atoms with Crippen LogP contribution in [0.1, 0.15) is 26.3 Å². The van der Waals surface area contributed by atoms with Gasteiger partial charge in [0.05, 0.1) is 10.3 Å². The van der Waals surface area contributed by atoms with Gasteiger partial charge in [0.1, 0.15) is 0 Å². The van der Waals surface area contributed by atoms with Crippen LogP contribution in [0.5, 0.6) is 0 Å². The minimum Gasteiger partial charge on any atom is -0.258 e. The molecular weight excluding hydrogens is 214 g/mol. The first-order valence-electron chi connectivity index (χ1n) is 5.57.